The van der Waals surface area contributed by atoms with Crippen molar-refractivity contribution in [1.82, 2.24) is 4.90 Å². The van der Waals surface area contributed by atoms with Gasteiger partial charge in [-0.2, -0.15) is 0 Å². The zero-order valence-electron chi connectivity index (χ0n) is 16.2. The van der Waals surface area contributed by atoms with E-state index in [1.807, 2.05) is 29.2 Å². The first-order valence-corrected chi connectivity index (χ1v) is 9.35. The molecule has 1 aliphatic rings. The summed E-state index contributed by atoms with van der Waals surface area (Å²) >= 11 is 0. The van der Waals surface area contributed by atoms with E-state index in [0.717, 1.165) is 36.5 Å². The van der Waals surface area contributed by atoms with Crippen LogP contribution in [-0.2, 0) is 13.0 Å². The minimum atomic E-state index is 0.0950. The zero-order chi connectivity index (χ0) is 18.7. The van der Waals surface area contributed by atoms with Crippen LogP contribution in [0.4, 0.5) is 5.69 Å². The molecule has 4 heteroatoms. The molecule has 0 N–H and O–H groups in total. The van der Waals surface area contributed by atoms with Gasteiger partial charge >= 0.3 is 0 Å². The van der Waals surface area contributed by atoms with Gasteiger partial charge < -0.3 is 14.5 Å². The number of carbonyl (C=O) groups is 1. The van der Waals surface area contributed by atoms with Gasteiger partial charge in [-0.1, -0.05) is 6.07 Å². The highest BCUT2D eigenvalue weighted by Gasteiger charge is 2.22. The van der Waals surface area contributed by atoms with Gasteiger partial charge in [0.25, 0.3) is 5.91 Å². The molecule has 0 saturated carbocycles. The summed E-state index contributed by atoms with van der Waals surface area (Å²) in [4.78, 5) is 17.2. The SMILES string of the molecule is CCN(c1ccc(C(=O)N2CCc3ccc(OC)cc3C2)cc1)C(C)C. The Kier molecular flexibility index (Phi) is 5.50. The van der Waals surface area contributed by atoms with Gasteiger partial charge in [0.1, 0.15) is 5.75 Å². The van der Waals surface area contributed by atoms with Crippen LogP contribution in [0, 0.1) is 0 Å². The van der Waals surface area contributed by atoms with Crippen LogP contribution in [-0.4, -0.2) is 37.0 Å². The molecular weight excluding hydrogens is 324 g/mol. The molecule has 1 amide bonds. The Morgan fingerprint density at radius 2 is 1.88 bits per heavy atom. The lowest BCUT2D eigenvalue weighted by atomic mass is 9.98. The molecule has 0 saturated heterocycles. The number of nitrogens with zero attached hydrogens (tertiary/aromatic N) is 2. The summed E-state index contributed by atoms with van der Waals surface area (Å²) < 4.78 is 5.32. The van der Waals surface area contributed by atoms with Crippen molar-refractivity contribution in [3.05, 3.63) is 59.2 Å². The molecule has 1 aliphatic heterocycles. The first kappa shape index (κ1) is 18.3. The lowest BCUT2D eigenvalue weighted by molar-refractivity contribution is 0.0734. The minimum absolute atomic E-state index is 0.0950. The van der Waals surface area contributed by atoms with Crippen LogP contribution in [0.5, 0.6) is 5.75 Å². The maximum absolute atomic E-state index is 12.9. The van der Waals surface area contributed by atoms with Crippen molar-refractivity contribution in [1.29, 1.82) is 0 Å². The molecule has 0 aliphatic carbocycles. The fourth-order valence-electron chi connectivity index (χ4n) is 3.66. The third kappa shape index (κ3) is 3.69. The van der Waals surface area contributed by atoms with Crippen molar-refractivity contribution in [3.8, 4) is 5.75 Å². The van der Waals surface area contributed by atoms with E-state index in [4.69, 9.17) is 4.74 Å². The lowest BCUT2D eigenvalue weighted by Crippen LogP contribution is -2.36. The number of ether oxygens (including phenoxy) is 1. The molecule has 26 heavy (non-hydrogen) atoms. The Morgan fingerprint density at radius 3 is 2.50 bits per heavy atom. The normalized spacial score (nSPS) is 13.5. The molecule has 0 unspecified atom stereocenters. The maximum atomic E-state index is 12.9. The van der Waals surface area contributed by atoms with Gasteiger partial charge in [-0.3, -0.25) is 4.79 Å². The molecule has 0 radical (unpaired) electrons. The number of carbonyl (C=O) groups excluding carboxylic acids is 1. The molecule has 138 valence electrons. The number of hydrogen-bond acceptors (Lipinski definition) is 3. The van der Waals surface area contributed by atoms with Crippen LogP contribution in [0.25, 0.3) is 0 Å². The Morgan fingerprint density at radius 1 is 1.15 bits per heavy atom. The second-order valence-electron chi connectivity index (χ2n) is 7.04. The van der Waals surface area contributed by atoms with Crippen molar-refractivity contribution >= 4 is 11.6 Å². The molecule has 4 nitrogen and oxygen atoms in total. The average Bonchev–Trinajstić information content (AvgIpc) is 2.67. The van der Waals surface area contributed by atoms with Crippen molar-refractivity contribution in [2.24, 2.45) is 0 Å². The molecule has 0 bridgehead atoms. The monoisotopic (exact) mass is 352 g/mol. The van der Waals surface area contributed by atoms with Crippen molar-refractivity contribution in [3.63, 3.8) is 0 Å². The van der Waals surface area contributed by atoms with Gasteiger partial charge in [0.15, 0.2) is 0 Å². The Hall–Kier alpha value is -2.49. The van der Waals surface area contributed by atoms with E-state index < -0.39 is 0 Å². The summed E-state index contributed by atoms with van der Waals surface area (Å²) in [6, 6.07) is 14.6. The van der Waals surface area contributed by atoms with Crippen molar-refractivity contribution in [2.45, 2.75) is 39.8 Å². The highest BCUT2D eigenvalue weighted by atomic mass is 16.5. The van der Waals surface area contributed by atoms with Crippen molar-refractivity contribution < 1.29 is 9.53 Å². The fraction of sp³-hybridized carbons (Fsp3) is 0.409. The third-order valence-electron chi connectivity index (χ3n) is 5.12. The van der Waals surface area contributed by atoms with Crippen molar-refractivity contribution in [2.75, 3.05) is 25.1 Å². The van der Waals surface area contributed by atoms with Gasteiger partial charge in [-0.05, 0) is 74.7 Å². The summed E-state index contributed by atoms with van der Waals surface area (Å²) in [5, 5.41) is 0. The quantitative estimate of drug-likeness (QED) is 0.811. The number of fused-ring (bicyclic) bond motifs is 1. The number of methoxy groups -OCH3 is 1. The molecule has 2 aromatic rings. The zero-order valence-corrected chi connectivity index (χ0v) is 16.2. The third-order valence-corrected chi connectivity index (χ3v) is 5.12. The first-order valence-electron chi connectivity index (χ1n) is 9.35. The number of rotatable bonds is 5. The second kappa shape index (κ2) is 7.81. The number of anilines is 1. The topological polar surface area (TPSA) is 32.8 Å². The fourth-order valence-corrected chi connectivity index (χ4v) is 3.66. The molecular formula is C22H28N2O2. The first-order chi connectivity index (χ1) is 12.5. The van der Waals surface area contributed by atoms with E-state index in [2.05, 4.69) is 43.9 Å². The minimum Gasteiger partial charge on any atom is -0.497 e. The van der Waals surface area contributed by atoms with Crippen LogP contribution in [0.1, 0.15) is 42.3 Å². The van der Waals surface area contributed by atoms with E-state index in [1.54, 1.807) is 7.11 Å². The number of amides is 1. The summed E-state index contributed by atoms with van der Waals surface area (Å²) in [5.74, 6) is 0.938. The summed E-state index contributed by atoms with van der Waals surface area (Å²) in [6.45, 7) is 8.87. The van der Waals surface area contributed by atoms with Gasteiger partial charge in [0, 0.05) is 36.9 Å². The van der Waals surface area contributed by atoms with Crippen LogP contribution in [0.2, 0.25) is 0 Å². The highest BCUT2D eigenvalue weighted by Crippen LogP contribution is 2.25. The van der Waals surface area contributed by atoms with E-state index in [9.17, 15) is 4.79 Å². The Labute approximate surface area is 156 Å². The van der Waals surface area contributed by atoms with E-state index in [-0.39, 0.29) is 5.91 Å². The predicted molar refractivity (Wildman–Crippen MR) is 106 cm³/mol. The van der Waals surface area contributed by atoms with Crippen LogP contribution in [0.3, 0.4) is 0 Å². The maximum Gasteiger partial charge on any atom is 0.254 e. The van der Waals surface area contributed by atoms with Gasteiger partial charge in [0.05, 0.1) is 7.11 Å². The Balaban J connectivity index is 1.75. The van der Waals surface area contributed by atoms with Crippen LogP contribution >= 0.6 is 0 Å². The molecule has 0 fully saturated rings. The highest BCUT2D eigenvalue weighted by molar-refractivity contribution is 5.94. The van der Waals surface area contributed by atoms with Gasteiger partial charge in [-0.15, -0.1) is 0 Å². The predicted octanol–water partition coefficient (Wildman–Crippen LogP) is 4.13. The van der Waals surface area contributed by atoms with Crippen LogP contribution in [0.15, 0.2) is 42.5 Å². The van der Waals surface area contributed by atoms with Gasteiger partial charge in [0.2, 0.25) is 0 Å². The van der Waals surface area contributed by atoms with E-state index in [0.29, 0.717) is 12.6 Å². The number of benzene rings is 2. The largest absolute Gasteiger partial charge is 0.497 e. The lowest BCUT2D eigenvalue weighted by Gasteiger charge is -2.30. The Bertz CT molecular complexity index is 768. The summed E-state index contributed by atoms with van der Waals surface area (Å²) in [6.07, 6.45) is 0.889. The molecule has 0 atom stereocenters. The molecule has 3 rings (SSSR count). The molecule has 2 aromatic carbocycles. The standard InChI is InChI=1S/C22H28N2O2/c1-5-24(16(2)3)20-9-6-18(7-10-20)22(25)23-13-12-17-8-11-21(26-4)14-19(17)15-23/h6-11,14,16H,5,12-13,15H2,1-4H3. The average molecular weight is 352 g/mol. The molecule has 0 spiro atoms. The number of hydrogen-bond donors (Lipinski definition) is 0. The molecule has 1 heterocycles. The van der Waals surface area contributed by atoms with Gasteiger partial charge in [-0.25, -0.2) is 0 Å². The summed E-state index contributed by atoms with van der Waals surface area (Å²) in [5.41, 5.74) is 4.39. The van der Waals surface area contributed by atoms with E-state index in [1.165, 1.54) is 11.1 Å². The molecule has 0 aromatic heterocycles. The smallest absolute Gasteiger partial charge is 0.254 e. The van der Waals surface area contributed by atoms with E-state index >= 15 is 0 Å². The second-order valence-corrected chi connectivity index (χ2v) is 7.04. The van der Waals surface area contributed by atoms with Crippen LogP contribution < -0.4 is 9.64 Å². The summed E-state index contributed by atoms with van der Waals surface area (Å²) in [7, 11) is 1.67.